The van der Waals surface area contributed by atoms with Crippen LogP contribution in [0.4, 0.5) is 4.39 Å². The molecule has 3 N–H and O–H groups in total. The van der Waals surface area contributed by atoms with Crippen molar-refractivity contribution in [1.82, 2.24) is 0 Å². The second-order valence-electron chi connectivity index (χ2n) is 10.9. The van der Waals surface area contributed by atoms with Gasteiger partial charge in [0.1, 0.15) is 9.73 Å². The minimum absolute atomic E-state index is 0.0110. The van der Waals surface area contributed by atoms with E-state index >= 15 is 4.39 Å². The monoisotopic (exact) mass is 499 g/mol. The molecule has 7 atom stereocenters. The van der Waals surface area contributed by atoms with Crippen LogP contribution in [0.15, 0.2) is 81.9 Å². The van der Waals surface area contributed by atoms with E-state index in [1.54, 1.807) is 30.3 Å². The Balaban J connectivity index is 1.55. The Morgan fingerprint density at radius 1 is 1.26 bits per heavy atom. The third-order valence-electron chi connectivity index (χ3n) is 8.68. The summed E-state index contributed by atoms with van der Waals surface area (Å²) in [5, 5.41) is 19.4. The first-order valence-electron chi connectivity index (χ1n) is 12.7. The third-order valence-corrected chi connectivity index (χ3v) is 10.3. The number of aliphatic hydroxyl groups excluding tert-OH is 2. The molecule has 3 aliphatic rings. The first-order chi connectivity index (χ1) is 16.5. The number of allylic oxidation sites excluding steroid dienone is 4. The van der Waals surface area contributed by atoms with E-state index in [0.717, 1.165) is 37.7 Å². The lowest BCUT2D eigenvalue weighted by Crippen LogP contribution is -2.35. The Kier molecular flexibility index (Phi) is 7.56. The van der Waals surface area contributed by atoms with Gasteiger partial charge in [-0.15, -0.1) is 0 Å². The van der Waals surface area contributed by atoms with Crippen molar-refractivity contribution in [3.8, 4) is 0 Å². The zero-order chi connectivity index (χ0) is 25.4. The average Bonchev–Trinajstić information content (AvgIpc) is 3.18. The highest BCUT2D eigenvalue weighted by atomic mass is 32.2. The van der Waals surface area contributed by atoms with Crippen LogP contribution in [0.2, 0.25) is 0 Å². The van der Waals surface area contributed by atoms with Crippen LogP contribution in [0.25, 0.3) is 0 Å². The Morgan fingerprint density at radius 3 is 2.69 bits per heavy atom. The molecule has 0 spiro atoms. The van der Waals surface area contributed by atoms with E-state index in [1.165, 1.54) is 11.6 Å². The van der Waals surface area contributed by atoms with Crippen LogP contribution in [-0.2, 0) is 9.73 Å². The molecule has 3 fully saturated rings. The average molecular weight is 500 g/mol. The van der Waals surface area contributed by atoms with Crippen molar-refractivity contribution in [1.29, 1.82) is 4.78 Å². The van der Waals surface area contributed by atoms with Crippen molar-refractivity contribution in [2.75, 3.05) is 0 Å². The van der Waals surface area contributed by atoms with Gasteiger partial charge in [-0.1, -0.05) is 56.4 Å². The lowest BCUT2D eigenvalue weighted by molar-refractivity contribution is 0.0862. The van der Waals surface area contributed by atoms with Crippen LogP contribution < -0.4 is 0 Å². The predicted molar refractivity (Wildman–Crippen MR) is 139 cm³/mol. The summed E-state index contributed by atoms with van der Waals surface area (Å²) >= 11 is 0. The number of nitrogens with one attached hydrogen (secondary N) is 1. The Labute approximate surface area is 209 Å². The number of hydrogen-bond acceptors (Lipinski definition) is 4. The topological polar surface area (TPSA) is 81.4 Å². The van der Waals surface area contributed by atoms with Crippen molar-refractivity contribution < 1.29 is 18.8 Å². The maximum atomic E-state index is 15.2. The van der Waals surface area contributed by atoms with Gasteiger partial charge in [0.05, 0.1) is 17.1 Å². The van der Waals surface area contributed by atoms with Gasteiger partial charge < -0.3 is 10.2 Å². The van der Waals surface area contributed by atoms with E-state index in [2.05, 4.69) is 19.6 Å². The molecule has 3 aliphatic carbocycles. The molecule has 4 nitrogen and oxygen atoms in total. The predicted octanol–water partition coefficient (Wildman–Crippen LogP) is 6.68. The summed E-state index contributed by atoms with van der Waals surface area (Å²) in [5.41, 5.74) is 3.00. The molecule has 190 valence electrons. The van der Waals surface area contributed by atoms with Crippen LogP contribution in [0.3, 0.4) is 0 Å². The van der Waals surface area contributed by atoms with Gasteiger partial charge in [-0.3, -0.25) is 0 Å². The molecule has 1 aromatic rings. The fourth-order valence-electron chi connectivity index (χ4n) is 6.75. The molecule has 0 amide bonds. The van der Waals surface area contributed by atoms with Crippen molar-refractivity contribution in [2.45, 2.75) is 75.9 Å². The molecule has 0 heterocycles. The zero-order valence-electron chi connectivity index (χ0n) is 20.8. The van der Waals surface area contributed by atoms with Crippen LogP contribution in [0.5, 0.6) is 0 Å². The fourth-order valence-corrected chi connectivity index (χ4v) is 7.92. The quantitative estimate of drug-likeness (QED) is 0.423. The summed E-state index contributed by atoms with van der Waals surface area (Å²) in [5.74, 6) is 0.507. The first-order valence-corrected chi connectivity index (χ1v) is 14.3. The van der Waals surface area contributed by atoms with E-state index in [1.807, 2.05) is 13.0 Å². The molecule has 0 aliphatic heterocycles. The summed E-state index contributed by atoms with van der Waals surface area (Å²) in [6, 6.07) is 8.22. The van der Waals surface area contributed by atoms with Crippen LogP contribution in [0.1, 0.15) is 58.8 Å². The maximum absolute atomic E-state index is 15.2. The van der Waals surface area contributed by atoms with E-state index in [9.17, 15) is 14.4 Å². The highest BCUT2D eigenvalue weighted by molar-refractivity contribution is 7.96. The standard InChI is InChI=1S/C29H38FNO3S/c1-19(16-28(30)35(31,34)24-9-5-4-6-10-24)25-13-14-26-21(8-7-15-29(25,26)3)11-12-22-17-23(32)18-27(33)20(22)2/h4-6,9-12,16,19,23,25-27,31-33H,2,7-8,13-15,17-18H2,1,3H3/b21-11+,22-12-,28-16+/t19-,23-,25-,26+,27+,29-,35?/m1/s1. The first kappa shape index (κ1) is 26.1. The number of benzene rings is 1. The SMILES string of the molecule is C=C1/C(=C\C=C2/CCC[C@]3(C)[C@@H]([C@H](C)/C=C(\F)S(=N)(=O)c4ccccc4)CC[C@@H]23)C[C@@H](O)C[C@@H]1O. The largest absolute Gasteiger partial charge is 0.393 e. The lowest BCUT2D eigenvalue weighted by Gasteiger charge is -2.44. The molecule has 1 aromatic carbocycles. The van der Waals surface area contributed by atoms with E-state index < -0.39 is 27.1 Å². The second-order valence-corrected chi connectivity index (χ2v) is 12.8. The van der Waals surface area contributed by atoms with Crippen molar-refractivity contribution in [2.24, 2.45) is 23.2 Å². The molecule has 3 saturated carbocycles. The van der Waals surface area contributed by atoms with Crippen molar-refractivity contribution >= 4 is 9.73 Å². The lowest BCUT2D eigenvalue weighted by atomic mass is 9.61. The maximum Gasteiger partial charge on any atom is 0.196 e. The van der Waals surface area contributed by atoms with Crippen molar-refractivity contribution in [3.05, 3.63) is 77.0 Å². The van der Waals surface area contributed by atoms with Gasteiger partial charge in [0.25, 0.3) is 0 Å². The molecule has 6 heteroatoms. The number of hydrogen-bond donors (Lipinski definition) is 3. The summed E-state index contributed by atoms with van der Waals surface area (Å²) < 4.78 is 36.3. The highest BCUT2D eigenvalue weighted by Gasteiger charge is 2.50. The minimum Gasteiger partial charge on any atom is -0.393 e. The van der Waals surface area contributed by atoms with Gasteiger partial charge in [0.15, 0.2) is 5.16 Å². The van der Waals surface area contributed by atoms with Crippen LogP contribution in [-0.4, -0.2) is 26.6 Å². The van der Waals surface area contributed by atoms with Crippen LogP contribution in [0, 0.1) is 27.9 Å². The molecule has 0 aromatic heterocycles. The highest BCUT2D eigenvalue weighted by Crippen LogP contribution is 2.59. The van der Waals surface area contributed by atoms with Gasteiger partial charge in [-0.25, -0.2) is 8.99 Å². The van der Waals surface area contributed by atoms with Gasteiger partial charge in [-0.05, 0) is 91.0 Å². The number of fused-ring (bicyclic) bond motifs is 1. The van der Waals surface area contributed by atoms with Gasteiger partial charge in [-0.2, -0.15) is 4.39 Å². The number of rotatable bonds is 5. The Hall–Kier alpha value is -2.02. The number of aliphatic hydroxyl groups is 2. The third kappa shape index (κ3) is 5.11. The second kappa shape index (κ2) is 10.2. The summed E-state index contributed by atoms with van der Waals surface area (Å²) in [4.78, 5) is 0.201. The fraction of sp³-hybridized carbons (Fsp3) is 0.517. The summed E-state index contributed by atoms with van der Waals surface area (Å²) in [6.45, 7) is 8.32. The van der Waals surface area contributed by atoms with E-state index in [0.29, 0.717) is 24.3 Å². The normalized spacial score (nSPS) is 36.7. The molecule has 4 rings (SSSR count). The van der Waals surface area contributed by atoms with E-state index in [-0.39, 0.29) is 22.1 Å². The zero-order valence-corrected chi connectivity index (χ0v) is 21.6. The van der Waals surface area contributed by atoms with Gasteiger partial charge in [0, 0.05) is 6.42 Å². The van der Waals surface area contributed by atoms with Crippen molar-refractivity contribution in [3.63, 3.8) is 0 Å². The minimum atomic E-state index is -3.63. The molecule has 0 saturated heterocycles. The number of halogens is 1. The molecular formula is C29H38FNO3S. The Bertz CT molecular complexity index is 1150. The summed E-state index contributed by atoms with van der Waals surface area (Å²) in [6.07, 6.45) is 10.4. The molecular weight excluding hydrogens is 461 g/mol. The molecule has 0 radical (unpaired) electrons. The van der Waals surface area contributed by atoms with Gasteiger partial charge in [0.2, 0.25) is 0 Å². The molecule has 0 bridgehead atoms. The molecule has 35 heavy (non-hydrogen) atoms. The van der Waals surface area contributed by atoms with E-state index in [4.69, 9.17) is 4.78 Å². The summed E-state index contributed by atoms with van der Waals surface area (Å²) in [7, 11) is -3.63. The smallest absolute Gasteiger partial charge is 0.196 e. The Morgan fingerprint density at radius 2 is 1.97 bits per heavy atom. The molecule has 1 unspecified atom stereocenters. The van der Waals surface area contributed by atoms with Crippen LogP contribution >= 0.6 is 0 Å². The van der Waals surface area contributed by atoms with Gasteiger partial charge >= 0.3 is 0 Å².